The van der Waals surface area contributed by atoms with Crippen molar-refractivity contribution in [3.63, 3.8) is 0 Å². The van der Waals surface area contributed by atoms with Crippen LogP contribution in [-0.4, -0.2) is 10.3 Å². The van der Waals surface area contributed by atoms with Crippen molar-refractivity contribution in [2.75, 3.05) is 0 Å². The molecule has 1 aromatic heterocycles. The summed E-state index contributed by atoms with van der Waals surface area (Å²) in [5.41, 5.74) is 0.752. The topological polar surface area (TPSA) is 55.5 Å². The molecular weight excluding hydrogens is 242 g/mol. The molecule has 0 bridgehead atoms. The first-order chi connectivity index (χ1) is 8.16. The predicted octanol–water partition coefficient (Wildman–Crippen LogP) is 2.96. The molecule has 90 valence electrons. The lowest BCUT2D eigenvalue weighted by atomic mass is 10.1. The second kappa shape index (κ2) is 5.21. The first-order valence-corrected chi connectivity index (χ1v) is 5.54. The van der Waals surface area contributed by atoms with Crippen molar-refractivity contribution >= 4 is 11.6 Å². The van der Waals surface area contributed by atoms with Crippen LogP contribution in [0.15, 0.2) is 35.0 Å². The van der Waals surface area contributed by atoms with E-state index in [9.17, 15) is 5.11 Å². The van der Waals surface area contributed by atoms with Gasteiger partial charge in [0.1, 0.15) is 12.4 Å². The standard InChI is InChI=1S/C12H12ClNO3/c1-8(15)9-2-3-12(11(13)6-9)16-7-10-4-5-14-17-10/h2-6,8,15H,7H2,1H3/t8-/m1/s1. The summed E-state index contributed by atoms with van der Waals surface area (Å²) >= 11 is 6.03. The second-order valence-corrected chi connectivity index (χ2v) is 4.04. The maximum absolute atomic E-state index is 9.40. The SMILES string of the molecule is C[C@@H](O)c1ccc(OCc2ccno2)c(Cl)c1. The number of aliphatic hydroxyl groups excluding tert-OH is 1. The van der Waals surface area contributed by atoms with Crippen LogP contribution in [0.4, 0.5) is 0 Å². The normalized spacial score (nSPS) is 12.4. The van der Waals surface area contributed by atoms with Crippen LogP contribution in [0, 0.1) is 0 Å². The summed E-state index contributed by atoms with van der Waals surface area (Å²) in [7, 11) is 0. The van der Waals surface area contributed by atoms with Gasteiger partial charge in [0.2, 0.25) is 0 Å². The van der Waals surface area contributed by atoms with E-state index in [1.807, 2.05) is 0 Å². The number of benzene rings is 1. The number of hydrogen-bond acceptors (Lipinski definition) is 4. The van der Waals surface area contributed by atoms with Gasteiger partial charge in [-0.25, -0.2) is 0 Å². The summed E-state index contributed by atoms with van der Waals surface area (Å²) in [5, 5.41) is 13.4. The Morgan fingerprint density at radius 3 is 2.88 bits per heavy atom. The molecule has 0 unspecified atom stereocenters. The van der Waals surface area contributed by atoms with Crippen LogP contribution < -0.4 is 4.74 Å². The van der Waals surface area contributed by atoms with Gasteiger partial charge in [0.15, 0.2) is 5.76 Å². The van der Waals surface area contributed by atoms with Gasteiger partial charge in [-0.3, -0.25) is 0 Å². The Hall–Kier alpha value is -1.52. The molecule has 0 aliphatic heterocycles. The van der Waals surface area contributed by atoms with E-state index in [1.54, 1.807) is 37.4 Å². The van der Waals surface area contributed by atoms with E-state index in [-0.39, 0.29) is 6.61 Å². The molecule has 0 spiro atoms. The Morgan fingerprint density at radius 2 is 2.29 bits per heavy atom. The van der Waals surface area contributed by atoms with Crippen LogP contribution in [0.3, 0.4) is 0 Å². The van der Waals surface area contributed by atoms with Crippen LogP contribution in [-0.2, 0) is 6.61 Å². The van der Waals surface area contributed by atoms with Crippen molar-refractivity contribution in [3.8, 4) is 5.75 Å². The zero-order chi connectivity index (χ0) is 12.3. The van der Waals surface area contributed by atoms with Crippen LogP contribution in [0.5, 0.6) is 5.75 Å². The van der Waals surface area contributed by atoms with E-state index in [4.69, 9.17) is 20.9 Å². The molecule has 1 heterocycles. The number of ether oxygens (including phenoxy) is 1. The van der Waals surface area contributed by atoms with Gasteiger partial charge in [-0.2, -0.15) is 0 Å². The summed E-state index contributed by atoms with van der Waals surface area (Å²) < 4.78 is 10.4. The third-order valence-electron chi connectivity index (χ3n) is 2.30. The van der Waals surface area contributed by atoms with E-state index in [2.05, 4.69) is 5.16 Å². The Bertz CT molecular complexity index is 483. The van der Waals surface area contributed by atoms with E-state index < -0.39 is 6.10 Å². The van der Waals surface area contributed by atoms with Crippen molar-refractivity contribution in [2.24, 2.45) is 0 Å². The third kappa shape index (κ3) is 2.99. The Labute approximate surface area is 104 Å². The zero-order valence-electron chi connectivity index (χ0n) is 9.26. The predicted molar refractivity (Wildman–Crippen MR) is 62.9 cm³/mol. The molecule has 0 amide bonds. The fourth-order valence-electron chi connectivity index (χ4n) is 1.36. The smallest absolute Gasteiger partial charge is 0.174 e. The maximum Gasteiger partial charge on any atom is 0.174 e. The van der Waals surface area contributed by atoms with Crippen LogP contribution in [0.2, 0.25) is 5.02 Å². The molecule has 0 saturated carbocycles. The van der Waals surface area contributed by atoms with Crippen molar-refractivity contribution in [1.29, 1.82) is 0 Å². The van der Waals surface area contributed by atoms with E-state index in [1.165, 1.54) is 0 Å². The highest BCUT2D eigenvalue weighted by Gasteiger charge is 2.07. The zero-order valence-corrected chi connectivity index (χ0v) is 10.0. The minimum atomic E-state index is -0.546. The van der Waals surface area contributed by atoms with E-state index in [0.717, 1.165) is 5.56 Å². The lowest BCUT2D eigenvalue weighted by Crippen LogP contribution is -1.96. The van der Waals surface area contributed by atoms with Gasteiger partial charge in [0, 0.05) is 6.07 Å². The van der Waals surface area contributed by atoms with Crippen LogP contribution >= 0.6 is 11.6 Å². The first kappa shape index (κ1) is 12.0. The van der Waals surface area contributed by atoms with Crippen molar-refractivity contribution < 1.29 is 14.4 Å². The molecule has 1 atom stereocenters. The number of hydrogen-bond donors (Lipinski definition) is 1. The second-order valence-electron chi connectivity index (χ2n) is 3.63. The molecule has 1 N–H and O–H groups in total. The van der Waals surface area contributed by atoms with Crippen LogP contribution in [0.25, 0.3) is 0 Å². The molecule has 0 saturated heterocycles. The lowest BCUT2D eigenvalue weighted by Gasteiger charge is -2.09. The fourth-order valence-corrected chi connectivity index (χ4v) is 1.60. The monoisotopic (exact) mass is 253 g/mol. The Kier molecular flexibility index (Phi) is 3.66. The summed E-state index contributed by atoms with van der Waals surface area (Å²) in [6.07, 6.45) is 1.01. The molecular formula is C12H12ClNO3. The minimum Gasteiger partial charge on any atom is -0.484 e. The summed E-state index contributed by atoms with van der Waals surface area (Å²) in [5.74, 6) is 1.17. The lowest BCUT2D eigenvalue weighted by molar-refractivity contribution is 0.199. The quantitative estimate of drug-likeness (QED) is 0.910. The highest BCUT2D eigenvalue weighted by molar-refractivity contribution is 6.32. The molecule has 2 rings (SSSR count). The minimum absolute atomic E-state index is 0.272. The first-order valence-electron chi connectivity index (χ1n) is 5.16. The van der Waals surface area contributed by atoms with Gasteiger partial charge in [0.25, 0.3) is 0 Å². The van der Waals surface area contributed by atoms with Crippen LogP contribution in [0.1, 0.15) is 24.4 Å². The molecule has 5 heteroatoms. The average Bonchev–Trinajstić information content (AvgIpc) is 2.80. The molecule has 1 aromatic carbocycles. The summed E-state index contributed by atoms with van der Waals surface area (Å²) in [4.78, 5) is 0. The molecule has 17 heavy (non-hydrogen) atoms. The molecule has 0 aliphatic carbocycles. The van der Waals surface area contributed by atoms with E-state index in [0.29, 0.717) is 16.5 Å². The molecule has 0 aliphatic rings. The van der Waals surface area contributed by atoms with Gasteiger partial charge in [0.05, 0.1) is 17.3 Å². The van der Waals surface area contributed by atoms with Gasteiger partial charge >= 0.3 is 0 Å². The number of aromatic nitrogens is 1. The molecule has 0 fully saturated rings. The van der Waals surface area contributed by atoms with Gasteiger partial charge < -0.3 is 14.4 Å². The number of nitrogens with zero attached hydrogens (tertiary/aromatic N) is 1. The maximum atomic E-state index is 9.40. The number of aliphatic hydroxyl groups is 1. The third-order valence-corrected chi connectivity index (χ3v) is 2.59. The largest absolute Gasteiger partial charge is 0.484 e. The number of halogens is 1. The molecule has 4 nitrogen and oxygen atoms in total. The Morgan fingerprint density at radius 1 is 1.47 bits per heavy atom. The van der Waals surface area contributed by atoms with Crippen molar-refractivity contribution in [3.05, 3.63) is 46.8 Å². The van der Waals surface area contributed by atoms with Gasteiger partial charge in [-0.05, 0) is 24.6 Å². The highest BCUT2D eigenvalue weighted by Crippen LogP contribution is 2.28. The average molecular weight is 254 g/mol. The van der Waals surface area contributed by atoms with Crippen molar-refractivity contribution in [1.82, 2.24) is 5.16 Å². The summed E-state index contributed by atoms with van der Waals surface area (Å²) in [6, 6.07) is 6.90. The summed E-state index contributed by atoms with van der Waals surface area (Å²) in [6.45, 7) is 1.95. The van der Waals surface area contributed by atoms with E-state index >= 15 is 0 Å². The molecule has 2 aromatic rings. The van der Waals surface area contributed by atoms with Crippen molar-refractivity contribution in [2.45, 2.75) is 19.6 Å². The molecule has 0 radical (unpaired) electrons. The van der Waals surface area contributed by atoms with Gasteiger partial charge in [-0.15, -0.1) is 0 Å². The Balaban J connectivity index is 2.06. The van der Waals surface area contributed by atoms with Gasteiger partial charge in [-0.1, -0.05) is 22.8 Å². The fraction of sp³-hybridized carbons (Fsp3) is 0.250. The number of rotatable bonds is 4. The highest BCUT2D eigenvalue weighted by atomic mass is 35.5.